The summed E-state index contributed by atoms with van der Waals surface area (Å²) in [5.74, 6) is 1.78. The number of methoxy groups -OCH3 is 3. The molecule has 1 saturated heterocycles. The third-order valence-corrected chi connectivity index (χ3v) is 7.28. The number of ether oxygens (including phenoxy) is 3. The van der Waals surface area contributed by atoms with Crippen LogP contribution in [0.3, 0.4) is 0 Å². The summed E-state index contributed by atoms with van der Waals surface area (Å²) in [6.07, 6.45) is 1.45. The van der Waals surface area contributed by atoms with Crippen molar-refractivity contribution in [2.24, 2.45) is 0 Å². The quantitative estimate of drug-likeness (QED) is 0.430. The lowest BCUT2D eigenvalue weighted by atomic mass is 10.0. The van der Waals surface area contributed by atoms with Gasteiger partial charge in [-0.05, 0) is 29.8 Å². The summed E-state index contributed by atoms with van der Waals surface area (Å²) in [6, 6.07) is 14.1. The number of thiazole rings is 1. The molecule has 10 heteroatoms. The molecule has 0 saturated carbocycles. The van der Waals surface area contributed by atoms with Gasteiger partial charge in [-0.2, -0.15) is 9.61 Å². The molecule has 4 aromatic rings. The van der Waals surface area contributed by atoms with Crippen molar-refractivity contribution < 1.29 is 19.3 Å². The van der Waals surface area contributed by atoms with Gasteiger partial charge in [0.05, 0.1) is 32.2 Å². The summed E-state index contributed by atoms with van der Waals surface area (Å²) in [4.78, 5) is 10.5. The Kier molecular flexibility index (Phi) is 6.16. The number of fused-ring (bicyclic) bond motifs is 1. The Bertz CT molecular complexity index is 1240. The van der Waals surface area contributed by atoms with E-state index in [2.05, 4.69) is 44.1 Å². The lowest BCUT2D eigenvalue weighted by molar-refractivity contribution is 0.210. The molecule has 1 fully saturated rings. The van der Waals surface area contributed by atoms with Gasteiger partial charge in [-0.25, -0.2) is 4.98 Å². The first kappa shape index (κ1) is 22.3. The zero-order chi connectivity index (χ0) is 23.7. The monoisotopic (exact) mass is 481 g/mol. The maximum atomic E-state index is 11.1. The molecule has 1 aliphatic heterocycles. The van der Waals surface area contributed by atoms with Crippen LogP contribution in [0.4, 0.5) is 5.69 Å². The van der Waals surface area contributed by atoms with Crippen molar-refractivity contribution in [3.63, 3.8) is 0 Å². The second-order valence-corrected chi connectivity index (χ2v) is 8.97. The number of anilines is 1. The molecule has 1 N–H and O–H groups in total. The second-order valence-electron chi connectivity index (χ2n) is 7.96. The highest BCUT2D eigenvalue weighted by atomic mass is 32.1. The van der Waals surface area contributed by atoms with Gasteiger partial charge in [-0.15, -0.1) is 0 Å². The summed E-state index contributed by atoms with van der Waals surface area (Å²) in [5.41, 5.74) is 2.15. The smallest absolute Gasteiger partial charge is 0.230 e. The summed E-state index contributed by atoms with van der Waals surface area (Å²) >= 11 is 1.43. The Balaban J connectivity index is 1.55. The van der Waals surface area contributed by atoms with Gasteiger partial charge in [0, 0.05) is 31.9 Å². The van der Waals surface area contributed by atoms with Crippen LogP contribution in [0.25, 0.3) is 4.96 Å². The molecule has 0 spiro atoms. The summed E-state index contributed by atoms with van der Waals surface area (Å²) in [6.45, 7) is 3.35. The Labute approximate surface area is 201 Å². The minimum absolute atomic E-state index is 0.0988. The predicted octanol–water partition coefficient (Wildman–Crippen LogP) is 3.43. The van der Waals surface area contributed by atoms with Crippen molar-refractivity contribution in [1.29, 1.82) is 0 Å². The fourth-order valence-electron chi connectivity index (χ4n) is 4.54. The maximum Gasteiger partial charge on any atom is 0.230 e. The number of hydrogen-bond acceptors (Lipinski definition) is 9. The van der Waals surface area contributed by atoms with E-state index >= 15 is 0 Å². The van der Waals surface area contributed by atoms with Crippen LogP contribution in [-0.4, -0.2) is 72.1 Å². The van der Waals surface area contributed by atoms with Crippen molar-refractivity contribution in [3.8, 4) is 23.1 Å². The maximum absolute atomic E-state index is 11.1. The van der Waals surface area contributed by atoms with E-state index in [1.807, 2.05) is 18.2 Å². The van der Waals surface area contributed by atoms with E-state index in [1.165, 1.54) is 27.9 Å². The second kappa shape index (κ2) is 9.40. The van der Waals surface area contributed by atoms with Crippen LogP contribution in [0.5, 0.6) is 23.1 Å². The van der Waals surface area contributed by atoms with E-state index in [0.717, 1.165) is 36.6 Å². The zero-order valence-corrected chi connectivity index (χ0v) is 20.2. The molecule has 178 valence electrons. The molecular weight excluding hydrogens is 454 g/mol. The van der Waals surface area contributed by atoms with Crippen LogP contribution in [0.15, 0.2) is 48.8 Å². The standard InChI is InChI=1S/C24H27N5O4S/c1-31-18-13-16(14-19(32-2)21(18)33-3)20(22-23(30)29-24(34-22)25-15-26-29)28-11-9-27(10-12-28)17-7-5-4-6-8-17/h4-8,13-15,20,30H,9-12H2,1-3H3/t20-/m1/s1. The van der Waals surface area contributed by atoms with Gasteiger partial charge in [0.2, 0.25) is 16.6 Å². The average molecular weight is 482 g/mol. The van der Waals surface area contributed by atoms with Crippen molar-refractivity contribution in [2.75, 3.05) is 52.4 Å². The van der Waals surface area contributed by atoms with Crippen LogP contribution in [0.1, 0.15) is 16.5 Å². The van der Waals surface area contributed by atoms with E-state index in [9.17, 15) is 5.11 Å². The van der Waals surface area contributed by atoms with Gasteiger partial charge >= 0.3 is 0 Å². The first-order valence-corrected chi connectivity index (χ1v) is 11.8. The minimum Gasteiger partial charge on any atom is -0.493 e. The van der Waals surface area contributed by atoms with Gasteiger partial charge < -0.3 is 24.2 Å². The topological polar surface area (TPSA) is 84.6 Å². The van der Waals surface area contributed by atoms with Crippen molar-refractivity contribution in [2.45, 2.75) is 6.04 Å². The molecule has 0 amide bonds. The third-order valence-electron chi connectivity index (χ3n) is 6.19. The highest BCUT2D eigenvalue weighted by Gasteiger charge is 2.33. The molecule has 2 aromatic carbocycles. The number of nitrogens with zero attached hydrogens (tertiary/aromatic N) is 5. The molecular formula is C24H27N5O4S. The predicted molar refractivity (Wildman–Crippen MR) is 131 cm³/mol. The number of rotatable bonds is 7. The fraction of sp³-hybridized carbons (Fsp3) is 0.333. The van der Waals surface area contributed by atoms with Gasteiger partial charge in [-0.1, -0.05) is 29.5 Å². The Hall–Kier alpha value is -3.50. The van der Waals surface area contributed by atoms with Crippen molar-refractivity contribution in [3.05, 3.63) is 59.2 Å². The lowest BCUT2D eigenvalue weighted by Crippen LogP contribution is -2.47. The largest absolute Gasteiger partial charge is 0.493 e. The zero-order valence-electron chi connectivity index (χ0n) is 19.3. The first-order valence-electron chi connectivity index (χ1n) is 11.0. The molecule has 9 nitrogen and oxygen atoms in total. The normalized spacial score (nSPS) is 15.4. The Morgan fingerprint density at radius 1 is 0.941 bits per heavy atom. The molecule has 34 heavy (non-hydrogen) atoms. The Morgan fingerprint density at radius 2 is 1.62 bits per heavy atom. The molecule has 5 rings (SSSR count). The summed E-state index contributed by atoms with van der Waals surface area (Å²) in [7, 11) is 4.80. The van der Waals surface area contributed by atoms with E-state index in [-0.39, 0.29) is 11.9 Å². The summed E-state index contributed by atoms with van der Waals surface area (Å²) < 4.78 is 18.2. The lowest BCUT2D eigenvalue weighted by Gasteiger charge is -2.40. The molecule has 0 unspecified atom stereocenters. The van der Waals surface area contributed by atoms with Crippen LogP contribution >= 0.6 is 11.3 Å². The molecule has 0 radical (unpaired) electrons. The highest BCUT2D eigenvalue weighted by Crippen LogP contribution is 2.45. The molecule has 0 bridgehead atoms. The van der Waals surface area contributed by atoms with E-state index in [1.54, 1.807) is 21.3 Å². The molecule has 0 aliphatic carbocycles. The molecule has 3 heterocycles. The van der Waals surface area contributed by atoms with Gasteiger partial charge in [0.1, 0.15) is 6.33 Å². The SMILES string of the molecule is COc1cc([C@H](c2sc3ncnn3c2O)N2CCN(c3ccccc3)CC2)cc(OC)c1OC. The van der Waals surface area contributed by atoms with Gasteiger partial charge in [-0.3, -0.25) is 4.90 Å². The fourth-order valence-corrected chi connectivity index (χ4v) is 5.63. The number of hydrogen-bond donors (Lipinski definition) is 1. The first-order chi connectivity index (χ1) is 16.6. The number of aromatic nitrogens is 3. The van der Waals surface area contributed by atoms with E-state index in [0.29, 0.717) is 22.2 Å². The summed E-state index contributed by atoms with van der Waals surface area (Å²) in [5, 5.41) is 15.2. The number of para-hydroxylation sites is 1. The molecule has 2 aromatic heterocycles. The van der Waals surface area contributed by atoms with Crippen LogP contribution in [0.2, 0.25) is 0 Å². The number of piperazine rings is 1. The van der Waals surface area contributed by atoms with Gasteiger partial charge in [0.15, 0.2) is 11.5 Å². The van der Waals surface area contributed by atoms with E-state index in [4.69, 9.17) is 14.2 Å². The molecule has 1 aliphatic rings. The highest BCUT2D eigenvalue weighted by molar-refractivity contribution is 7.17. The Morgan fingerprint density at radius 3 is 2.21 bits per heavy atom. The van der Waals surface area contributed by atoms with Crippen molar-refractivity contribution >= 4 is 22.0 Å². The van der Waals surface area contributed by atoms with Crippen molar-refractivity contribution in [1.82, 2.24) is 19.5 Å². The average Bonchev–Trinajstić information content (AvgIpc) is 3.47. The van der Waals surface area contributed by atoms with Crippen LogP contribution in [-0.2, 0) is 0 Å². The number of aromatic hydroxyl groups is 1. The minimum atomic E-state index is -0.236. The van der Waals surface area contributed by atoms with E-state index < -0.39 is 0 Å². The third kappa shape index (κ3) is 3.88. The van der Waals surface area contributed by atoms with Crippen LogP contribution < -0.4 is 19.1 Å². The van der Waals surface area contributed by atoms with Gasteiger partial charge in [0.25, 0.3) is 0 Å². The number of benzene rings is 2. The molecule has 1 atom stereocenters. The van der Waals surface area contributed by atoms with Crippen LogP contribution in [0, 0.1) is 0 Å².